The first-order valence-electron chi connectivity index (χ1n) is 5.39. The van der Waals surface area contributed by atoms with Crippen LogP contribution in [0.3, 0.4) is 0 Å². The van der Waals surface area contributed by atoms with Gasteiger partial charge >= 0.3 is 0 Å². The molecule has 3 nitrogen and oxygen atoms in total. The van der Waals surface area contributed by atoms with Crippen LogP contribution >= 0.6 is 0 Å². The van der Waals surface area contributed by atoms with Crippen molar-refractivity contribution in [2.24, 2.45) is 5.41 Å². The van der Waals surface area contributed by atoms with Crippen LogP contribution in [-0.4, -0.2) is 11.7 Å². The number of hydrogen-bond acceptors (Lipinski definition) is 3. The zero-order chi connectivity index (χ0) is 11.7. The van der Waals surface area contributed by atoms with Crippen molar-refractivity contribution in [3.63, 3.8) is 0 Å². The van der Waals surface area contributed by atoms with Gasteiger partial charge in [-0.3, -0.25) is 0 Å². The molecule has 0 aliphatic rings. The summed E-state index contributed by atoms with van der Waals surface area (Å²) in [6.45, 7) is 13.8. The van der Waals surface area contributed by atoms with E-state index in [-0.39, 0.29) is 10.8 Å². The van der Waals surface area contributed by atoms with E-state index in [1.165, 1.54) is 0 Å². The third kappa shape index (κ3) is 3.94. The quantitative estimate of drug-likeness (QED) is 0.812. The number of nitrogens with one attached hydrogen (secondary N) is 1. The van der Waals surface area contributed by atoms with E-state index in [1.54, 1.807) is 0 Å². The smallest absolute Gasteiger partial charge is 0.169 e. The van der Waals surface area contributed by atoms with E-state index in [1.807, 2.05) is 6.07 Å². The lowest BCUT2D eigenvalue weighted by Crippen LogP contribution is -2.19. The molecule has 0 aliphatic heterocycles. The Balaban J connectivity index is 2.62. The molecule has 1 aromatic rings. The van der Waals surface area contributed by atoms with Crippen molar-refractivity contribution in [2.45, 2.75) is 47.0 Å². The van der Waals surface area contributed by atoms with Crippen molar-refractivity contribution in [2.75, 3.05) is 11.9 Å². The van der Waals surface area contributed by atoms with Crippen molar-refractivity contribution < 1.29 is 4.52 Å². The van der Waals surface area contributed by atoms with E-state index >= 15 is 0 Å². The Hall–Kier alpha value is -0.990. The van der Waals surface area contributed by atoms with Gasteiger partial charge in [0.15, 0.2) is 5.82 Å². The summed E-state index contributed by atoms with van der Waals surface area (Å²) in [5.74, 6) is 1.74. The number of hydrogen-bond donors (Lipinski definition) is 1. The molecule has 0 radical (unpaired) electrons. The fourth-order valence-electron chi connectivity index (χ4n) is 1.07. The molecule has 15 heavy (non-hydrogen) atoms. The van der Waals surface area contributed by atoms with Crippen LogP contribution in [0.1, 0.15) is 47.3 Å². The Morgan fingerprint density at radius 3 is 2.20 bits per heavy atom. The zero-order valence-electron chi connectivity index (χ0n) is 10.6. The van der Waals surface area contributed by atoms with Crippen LogP contribution in [0.25, 0.3) is 0 Å². The standard InChI is InChI=1S/C12H22N2O/c1-11(2,3)8-13-10-7-9(15-14-10)12(4,5)6/h7H,8H2,1-6H3,(H,13,14). The molecular formula is C12H22N2O. The summed E-state index contributed by atoms with van der Waals surface area (Å²) in [4.78, 5) is 0. The highest BCUT2D eigenvalue weighted by Gasteiger charge is 2.20. The summed E-state index contributed by atoms with van der Waals surface area (Å²) >= 11 is 0. The van der Waals surface area contributed by atoms with Crippen LogP contribution in [0.5, 0.6) is 0 Å². The maximum absolute atomic E-state index is 5.28. The summed E-state index contributed by atoms with van der Waals surface area (Å²) in [6.07, 6.45) is 0. The van der Waals surface area contributed by atoms with Crippen LogP contribution < -0.4 is 5.32 Å². The predicted molar refractivity (Wildman–Crippen MR) is 63.1 cm³/mol. The van der Waals surface area contributed by atoms with Gasteiger partial charge in [-0.25, -0.2) is 0 Å². The van der Waals surface area contributed by atoms with Crippen LogP contribution in [0.15, 0.2) is 10.6 Å². The van der Waals surface area contributed by atoms with E-state index in [2.05, 4.69) is 52.0 Å². The minimum Gasteiger partial charge on any atom is -0.367 e. The SMILES string of the molecule is CC(C)(C)CNc1cc(C(C)(C)C)on1. The van der Waals surface area contributed by atoms with Crippen LogP contribution in [-0.2, 0) is 5.41 Å². The maximum atomic E-state index is 5.28. The third-order valence-corrected chi connectivity index (χ3v) is 2.05. The molecule has 0 saturated carbocycles. The molecule has 3 heteroatoms. The molecule has 86 valence electrons. The van der Waals surface area contributed by atoms with Gasteiger partial charge in [0.2, 0.25) is 0 Å². The first-order valence-corrected chi connectivity index (χ1v) is 5.39. The lowest BCUT2D eigenvalue weighted by Gasteiger charge is -2.17. The topological polar surface area (TPSA) is 38.1 Å². The molecule has 0 fully saturated rings. The molecule has 0 saturated heterocycles. The van der Waals surface area contributed by atoms with Gasteiger partial charge in [-0.2, -0.15) is 0 Å². The molecule has 0 spiro atoms. The molecule has 0 aromatic carbocycles. The molecule has 0 aliphatic carbocycles. The molecule has 0 amide bonds. The summed E-state index contributed by atoms with van der Waals surface area (Å²) < 4.78 is 5.28. The molecule has 1 aromatic heterocycles. The van der Waals surface area contributed by atoms with E-state index in [0.717, 1.165) is 18.1 Å². The van der Waals surface area contributed by atoms with Crippen molar-refractivity contribution in [1.82, 2.24) is 5.16 Å². The Morgan fingerprint density at radius 1 is 1.20 bits per heavy atom. The van der Waals surface area contributed by atoms with Crippen LogP contribution in [0, 0.1) is 5.41 Å². The van der Waals surface area contributed by atoms with Gasteiger partial charge in [0.25, 0.3) is 0 Å². The average Bonchev–Trinajstić information content (AvgIpc) is 2.45. The maximum Gasteiger partial charge on any atom is 0.169 e. The Morgan fingerprint density at radius 2 is 1.80 bits per heavy atom. The summed E-state index contributed by atoms with van der Waals surface area (Å²) in [6, 6.07) is 1.98. The number of aromatic nitrogens is 1. The first-order chi connectivity index (χ1) is 6.68. The van der Waals surface area contributed by atoms with E-state index in [9.17, 15) is 0 Å². The van der Waals surface area contributed by atoms with Gasteiger partial charge in [-0.1, -0.05) is 46.7 Å². The zero-order valence-corrected chi connectivity index (χ0v) is 10.6. The van der Waals surface area contributed by atoms with Crippen molar-refractivity contribution in [1.29, 1.82) is 0 Å². The second-order valence-electron chi connectivity index (χ2n) is 6.24. The van der Waals surface area contributed by atoms with Crippen molar-refractivity contribution in [3.05, 3.63) is 11.8 Å². The molecule has 0 bridgehead atoms. The van der Waals surface area contributed by atoms with Crippen LogP contribution in [0.2, 0.25) is 0 Å². The molecule has 1 heterocycles. The Labute approximate surface area is 92.2 Å². The first kappa shape index (κ1) is 12.1. The third-order valence-electron chi connectivity index (χ3n) is 2.05. The monoisotopic (exact) mass is 210 g/mol. The number of rotatable bonds is 2. The second kappa shape index (κ2) is 3.87. The van der Waals surface area contributed by atoms with Gasteiger partial charge in [0.1, 0.15) is 5.76 Å². The largest absolute Gasteiger partial charge is 0.367 e. The fourth-order valence-corrected chi connectivity index (χ4v) is 1.07. The number of nitrogens with zero attached hydrogens (tertiary/aromatic N) is 1. The molecule has 1 N–H and O–H groups in total. The molecular weight excluding hydrogens is 188 g/mol. The predicted octanol–water partition coefficient (Wildman–Crippen LogP) is 3.43. The molecule has 0 unspecified atom stereocenters. The lowest BCUT2D eigenvalue weighted by atomic mass is 9.93. The minimum absolute atomic E-state index is 0.0225. The normalized spacial score (nSPS) is 12.9. The summed E-state index contributed by atoms with van der Waals surface area (Å²) in [7, 11) is 0. The van der Waals surface area contributed by atoms with Crippen LogP contribution in [0.4, 0.5) is 5.82 Å². The van der Waals surface area contributed by atoms with Crippen molar-refractivity contribution >= 4 is 5.82 Å². The summed E-state index contributed by atoms with van der Waals surface area (Å²) in [5, 5.41) is 7.27. The van der Waals surface area contributed by atoms with Gasteiger partial charge in [-0.05, 0) is 5.41 Å². The Kier molecular flexibility index (Phi) is 3.12. The van der Waals surface area contributed by atoms with Gasteiger partial charge in [0.05, 0.1) is 0 Å². The Bertz CT molecular complexity index is 315. The fraction of sp³-hybridized carbons (Fsp3) is 0.750. The van der Waals surface area contributed by atoms with E-state index in [4.69, 9.17) is 4.52 Å². The van der Waals surface area contributed by atoms with Gasteiger partial charge in [-0.15, -0.1) is 0 Å². The average molecular weight is 210 g/mol. The van der Waals surface area contributed by atoms with Crippen molar-refractivity contribution in [3.8, 4) is 0 Å². The number of anilines is 1. The second-order valence-corrected chi connectivity index (χ2v) is 6.24. The highest BCUT2D eigenvalue weighted by Crippen LogP contribution is 2.24. The van der Waals surface area contributed by atoms with Gasteiger partial charge in [0, 0.05) is 18.0 Å². The molecule has 1 rings (SSSR count). The lowest BCUT2D eigenvalue weighted by molar-refractivity contribution is 0.330. The van der Waals surface area contributed by atoms with Gasteiger partial charge < -0.3 is 9.84 Å². The highest BCUT2D eigenvalue weighted by molar-refractivity contribution is 5.35. The summed E-state index contributed by atoms with van der Waals surface area (Å²) in [5.41, 5.74) is 0.273. The highest BCUT2D eigenvalue weighted by atomic mass is 16.5. The van der Waals surface area contributed by atoms with E-state index in [0.29, 0.717) is 0 Å². The van der Waals surface area contributed by atoms with E-state index < -0.39 is 0 Å². The minimum atomic E-state index is 0.0225. The molecule has 0 atom stereocenters.